The van der Waals surface area contributed by atoms with Crippen molar-refractivity contribution in [1.29, 1.82) is 0 Å². The standard InChI is InChI=1S/C32H35NO4/c1-36-27-14-16-29-24(21-27)11-15-30(28-8-4-3-7-25(28)22-34)31(29)32(35)23-9-12-26(13-10-23)37-20-19-33-17-5-2-6-18-33/h3-4,7-16,21,32,34-35H,2,5-6,17-20,22H2,1H3. The highest BCUT2D eigenvalue weighted by molar-refractivity contribution is 5.94. The number of aliphatic hydroxyl groups is 2. The Bertz CT molecular complexity index is 1330. The van der Waals surface area contributed by atoms with Crippen LogP contribution in [0.25, 0.3) is 21.9 Å². The van der Waals surface area contributed by atoms with Crippen molar-refractivity contribution in [2.75, 3.05) is 33.4 Å². The Morgan fingerprint density at radius 2 is 1.59 bits per heavy atom. The van der Waals surface area contributed by atoms with E-state index >= 15 is 0 Å². The van der Waals surface area contributed by atoms with E-state index in [1.54, 1.807) is 7.11 Å². The largest absolute Gasteiger partial charge is 0.497 e. The predicted molar refractivity (Wildman–Crippen MR) is 148 cm³/mol. The Hall–Kier alpha value is -3.38. The van der Waals surface area contributed by atoms with Gasteiger partial charge in [-0.25, -0.2) is 0 Å². The third-order valence-corrected chi connectivity index (χ3v) is 7.34. The van der Waals surface area contributed by atoms with Crippen LogP contribution in [0.2, 0.25) is 0 Å². The van der Waals surface area contributed by atoms with Crippen LogP contribution >= 0.6 is 0 Å². The van der Waals surface area contributed by atoms with E-state index in [2.05, 4.69) is 4.90 Å². The summed E-state index contributed by atoms with van der Waals surface area (Å²) in [6.07, 6.45) is 3.02. The van der Waals surface area contributed by atoms with Crippen molar-refractivity contribution in [3.05, 3.63) is 95.6 Å². The number of methoxy groups -OCH3 is 1. The number of piperidine rings is 1. The second-order valence-electron chi connectivity index (χ2n) is 9.65. The fourth-order valence-electron chi connectivity index (χ4n) is 5.30. The number of nitrogens with zero attached hydrogens (tertiary/aromatic N) is 1. The van der Waals surface area contributed by atoms with E-state index in [0.717, 1.165) is 69.7 Å². The summed E-state index contributed by atoms with van der Waals surface area (Å²) in [5.41, 5.74) is 4.22. The minimum absolute atomic E-state index is 0.0736. The number of rotatable bonds is 9. The molecule has 0 saturated carbocycles. The highest BCUT2D eigenvalue weighted by Gasteiger charge is 2.21. The van der Waals surface area contributed by atoms with Crippen molar-refractivity contribution in [2.24, 2.45) is 0 Å². The summed E-state index contributed by atoms with van der Waals surface area (Å²) in [5, 5.41) is 23.6. The van der Waals surface area contributed by atoms with Crippen LogP contribution in [0, 0.1) is 0 Å². The minimum Gasteiger partial charge on any atom is -0.497 e. The molecule has 5 rings (SSSR count). The summed E-state index contributed by atoms with van der Waals surface area (Å²) >= 11 is 0. The zero-order valence-corrected chi connectivity index (χ0v) is 21.4. The molecule has 5 heteroatoms. The van der Waals surface area contributed by atoms with Crippen LogP contribution in [0.1, 0.15) is 42.1 Å². The Balaban J connectivity index is 1.45. The molecule has 0 aliphatic carbocycles. The molecule has 0 spiro atoms. The molecule has 1 atom stereocenters. The topological polar surface area (TPSA) is 62.2 Å². The average Bonchev–Trinajstić information content (AvgIpc) is 2.96. The van der Waals surface area contributed by atoms with Crippen molar-refractivity contribution in [3.8, 4) is 22.6 Å². The molecule has 1 aliphatic heterocycles. The van der Waals surface area contributed by atoms with E-state index in [-0.39, 0.29) is 6.61 Å². The summed E-state index contributed by atoms with van der Waals surface area (Å²) in [5.74, 6) is 1.57. The van der Waals surface area contributed by atoms with Gasteiger partial charge in [-0.2, -0.15) is 0 Å². The van der Waals surface area contributed by atoms with Crippen molar-refractivity contribution < 1.29 is 19.7 Å². The van der Waals surface area contributed by atoms with Gasteiger partial charge in [0.15, 0.2) is 0 Å². The van der Waals surface area contributed by atoms with Gasteiger partial charge < -0.3 is 19.7 Å². The maximum absolute atomic E-state index is 11.7. The molecular weight excluding hydrogens is 462 g/mol. The number of likely N-dealkylation sites (tertiary alicyclic amines) is 1. The van der Waals surface area contributed by atoms with Crippen LogP contribution in [0.15, 0.2) is 78.9 Å². The molecule has 0 radical (unpaired) electrons. The first kappa shape index (κ1) is 25.3. The van der Waals surface area contributed by atoms with Gasteiger partial charge >= 0.3 is 0 Å². The lowest BCUT2D eigenvalue weighted by atomic mass is 9.87. The molecule has 4 aromatic rings. The molecule has 192 valence electrons. The van der Waals surface area contributed by atoms with Crippen LogP contribution in [-0.4, -0.2) is 48.5 Å². The fraction of sp³-hybridized carbons (Fsp3) is 0.312. The van der Waals surface area contributed by atoms with Crippen molar-refractivity contribution in [2.45, 2.75) is 32.0 Å². The second-order valence-corrected chi connectivity index (χ2v) is 9.65. The van der Waals surface area contributed by atoms with Crippen LogP contribution in [0.4, 0.5) is 0 Å². The van der Waals surface area contributed by atoms with E-state index < -0.39 is 6.10 Å². The molecular formula is C32H35NO4. The molecule has 5 nitrogen and oxygen atoms in total. The Morgan fingerprint density at radius 3 is 2.35 bits per heavy atom. The summed E-state index contributed by atoms with van der Waals surface area (Å²) in [6.45, 7) is 3.85. The summed E-state index contributed by atoms with van der Waals surface area (Å²) in [7, 11) is 1.65. The zero-order valence-electron chi connectivity index (χ0n) is 21.4. The van der Waals surface area contributed by atoms with Gasteiger partial charge in [-0.3, -0.25) is 4.90 Å². The molecule has 37 heavy (non-hydrogen) atoms. The molecule has 1 fully saturated rings. The maximum Gasteiger partial charge on any atom is 0.119 e. The highest BCUT2D eigenvalue weighted by Crippen LogP contribution is 2.40. The first-order chi connectivity index (χ1) is 18.2. The molecule has 1 saturated heterocycles. The molecule has 1 unspecified atom stereocenters. The first-order valence-corrected chi connectivity index (χ1v) is 13.1. The van der Waals surface area contributed by atoms with E-state index in [1.165, 1.54) is 19.3 Å². The van der Waals surface area contributed by atoms with Crippen LogP contribution in [0.3, 0.4) is 0 Å². The lowest BCUT2D eigenvalue weighted by Crippen LogP contribution is -2.33. The van der Waals surface area contributed by atoms with Gasteiger partial charge in [0.25, 0.3) is 0 Å². The molecule has 0 aromatic heterocycles. The molecule has 0 amide bonds. The highest BCUT2D eigenvalue weighted by atomic mass is 16.5. The van der Waals surface area contributed by atoms with Crippen molar-refractivity contribution in [1.82, 2.24) is 4.90 Å². The minimum atomic E-state index is -0.860. The van der Waals surface area contributed by atoms with Crippen LogP contribution < -0.4 is 9.47 Å². The van der Waals surface area contributed by atoms with Gasteiger partial charge in [-0.05, 0) is 83.2 Å². The quantitative estimate of drug-likeness (QED) is 0.299. The second kappa shape index (κ2) is 11.8. The molecule has 0 bridgehead atoms. The average molecular weight is 498 g/mol. The third-order valence-electron chi connectivity index (χ3n) is 7.34. The monoisotopic (exact) mass is 497 g/mol. The number of fused-ring (bicyclic) bond motifs is 1. The number of hydrogen-bond donors (Lipinski definition) is 2. The van der Waals surface area contributed by atoms with Gasteiger partial charge in [0.2, 0.25) is 0 Å². The number of benzene rings is 4. The van der Waals surface area contributed by atoms with Crippen molar-refractivity contribution >= 4 is 10.8 Å². The molecule has 2 N–H and O–H groups in total. The summed E-state index contributed by atoms with van der Waals surface area (Å²) in [4.78, 5) is 2.46. The normalized spacial score (nSPS) is 15.0. The Morgan fingerprint density at radius 1 is 0.838 bits per heavy atom. The van der Waals surface area contributed by atoms with E-state index in [0.29, 0.717) is 6.61 Å². The van der Waals surface area contributed by atoms with Crippen LogP contribution in [-0.2, 0) is 6.61 Å². The molecule has 1 aliphatic rings. The van der Waals surface area contributed by atoms with Gasteiger partial charge in [0.05, 0.1) is 13.7 Å². The Labute approximate surface area is 218 Å². The Kier molecular flexibility index (Phi) is 8.05. The van der Waals surface area contributed by atoms with Gasteiger partial charge in [0, 0.05) is 12.1 Å². The predicted octanol–water partition coefficient (Wildman–Crippen LogP) is 5.95. The number of ether oxygens (including phenoxy) is 2. The smallest absolute Gasteiger partial charge is 0.119 e. The number of aliphatic hydroxyl groups excluding tert-OH is 2. The van der Waals surface area contributed by atoms with Gasteiger partial charge in [-0.15, -0.1) is 0 Å². The summed E-state index contributed by atoms with van der Waals surface area (Å²) < 4.78 is 11.4. The third kappa shape index (κ3) is 5.64. The van der Waals surface area contributed by atoms with E-state index in [1.807, 2.05) is 78.9 Å². The molecule has 4 aromatic carbocycles. The SMILES string of the molecule is COc1ccc2c(C(O)c3ccc(OCCN4CCCCC4)cc3)c(-c3ccccc3CO)ccc2c1. The zero-order chi connectivity index (χ0) is 25.6. The van der Waals surface area contributed by atoms with Gasteiger partial charge in [0.1, 0.15) is 24.2 Å². The van der Waals surface area contributed by atoms with E-state index in [9.17, 15) is 10.2 Å². The fourth-order valence-corrected chi connectivity index (χ4v) is 5.30. The number of hydrogen-bond acceptors (Lipinski definition) is 5. The first-order valence-electron chi connectivity index (χ1n) is 13.1. The lowest BCUT2D eigenvalue weighted by Gasteiger charge is -2.26. The molecule has 1 heterocycles. The van der Waals surface area contributed by atoms with Crippen LogP contribution in [0.5, 0.6) is 11.5 Å². The van der Waals surface area contributed by atoms with Crippen molar-refractivity contribution in [3.63, 3.8) is 0 Å². The summed E-state index contributed by atoms with van der Waals surface area (Å²) in [6, 6.07) is 25.5. The van der Waals surface area contributed by atoms with E-state index in [4.69, 9.17) is 9.47 Å². The lowest BCUT2D eigenvalue weighted by molar-refractivity contribution is 0.183. The van der Waals surface area contributed by atoms with Gasteiger partial charge in [-0.1, -0.05) is 61.0 Å². The maximum atomic E-state index is 11.7.